The number of hydrogen-bond donors (Lipinski definition) is 1. The van der Waals surface area contributed by atoms with Crippen molar-refractivity contribution in [2.45, 2.75) is 48.0 Å². The van der Waals surface area contributed by atoms with Crippen molar-refractivity contribution in [1.29, 1.82) is 0 Å². The maximum Gasteiger partial charge on any atom is 0.143 e. The van der Waals surface area contributed by atoms with Gasteiger partial charge in [-0.15, -0.1) is 0 Å². The van der Waals surface area contributed by atoms with E-state index in [1.165, 1.54) is 16.8 Å². The Kier molecular flexibility index (Phi) is 8.49. The molecule has 0 aliphatic carbocycles. The summed E-state index contributed by atoms with van der Waals surface area (Å²) in [6, 6.07) is 12.4. The summed E-state index contributed by atoms with van der Waals surface area (Å²) in [7, 11) is 0. The van der Waals surface area contributed by atoms with Gasteiger partial charge in [0.1, 0.15) is 17.2 Å². The maximum atomic E-state index is 6.52. The van der Waals surface area contributed by atoms with E-state index >= 15 is 0 Å². The molecule has 0 fully saturated rings. The molecular formula is C26H32ClN3. The Hall–Kier alpha value is -2.78. The highest BCUT2D eigenvalue weighted by atomic mass is 35.5. The standard InChI is InChI=1S/C24H26ClN3.C2H6/c1-6-8-14-20(25)18(5)23-24(27-22-16(3)11-9-12-17(22)4)28-19(7-2)13-10-15-21(28)26-23;1-2/h6,8-15,27H,5,7H2,1-4H3;1-2H3/b8-6-,20-14+;. The molecule has 0 atom stereocenters. The minimum Gasteiger partial charge on any atom is -0.339 e. The molecule has 2 aromatic heterocycles. The Morgan fingerprint density at radius 3 is 2.37 bits per heavy atom. The molecule has 0 saturated heterocycles. The molecule has 30 heavy (non-hydrogen) atoms. The van der Waals surface area contributed by atoms with Gasteiger partial charge in [-0.05, 0) is 56.5 Å². The first kappa shape index (κ1) is 23.5. The fraction of sp³-hybridized carbons (Fsp3) is 0.269. The largest absolute Gasteiger partial charge is 0.339 e. The van der Waals surface area contributed by atoms with Gasteiger partial charge in [0, 0.05) is 22.0 Å². The van der Waals surface area contributed by atoms with Crippen LogP contribution in [0.4, 0.5) is 11.5 Å². The number of nitrogens with zero attached hydrogens (tertiary/aromatic N) is 2. The highest BCUT2D eigenvalue weighted by Crippen LogP contribution is 2.35. The predicted molar refractivity (Wildman–Crippen MR) is 133 cm³/mol. The third kappa shape index (κ3) is 4.85. The van der Waals surface area contributed by atoms with Gasteiger partial charge in [-0.3, -0.25) is 4.40 Å². The lowest BCUT2D eigenvalue weighted by Gasteiger charge is -2.16. The highest BCUT2D eigenvalue weighted by molar-refractivity contribution is 6.37. The fourth-order valence-corrected chi connectivity index (χ4v) is 3.45. The number of halogens is 1. The summed E-state index contributed by atoms with van der Waals surface area (Å²) < 4.78 is 2.16. The minimum atomic E-state index is 0.573. The van der Waals surface area contributed by atoms with Gasteiger partial charge in [0.2, 0.25) is 0 Å². The van der Waals surface area contributed by atoms with Gasteiger partial charge in [-0.2, -0.15) is 0 Å². The lowest BCUT2D eigenvalue weighted by Crippen LogP contribution is -2.04. The van der Waals surface area contributed by atoms with E-state index in [4.69, 9.17) is 16.6 Å². The Balaban J connectivity index is 0.00000155. The van der Waals surface area contributed by atoms with Crippen LogP contribution in [-0.4, -0.2) is 9.38 Å². The third-order valence-electron chi connectivity index (χ3n) is 4.82. The summed E-state index contributed by atoms with van der Waals surface area (Å²) >= 11 is 6.52. The van der Waals surface area contributed by atoms with Gasteiger partial charge >= 0.3 is 0 Å². The van der Waals surface area contributed by atoms with Gasteiger partial charge in [-0.1, -0.05) is 75.4 Å². The zero-order chi connectivity index (χ0) is 22.3. The van der Waals surface area contributed by atoms with Crippen molar-refractivity contribution < 1.29 is 0 Å². The molecule has 0 aliphatic heterocycles. The molecule has 0 amide bonds. The Morgan fingerprint density at radius 2 is 1.77 bits per heavy atom. The van der Waals surface area contributed by atoms with Crippen LogP contribution in [-0.2, 0) is 6.42 Å². The molecule has 0 radical (unpaired) electrons. The number of fused-ring (bicyclic) bond motifs is 1. The monoisotopic (exact) mass is 421 g/mol. The Bertz CT molecular complexity index is 1070. The van der Waals surface area contributed by atoms with Gasteiger partial charge in [0.05, 0.1) is 0 Å². The smallest absolute Gasteiger partial charge is 0.143 e. The molecule has 3 nitrogen and oxygen atoms in total. The average Bonchev–Trinajstić information content (AvgIpc) is 3.14. The van der Waals surface area contributed by atoms with Crippen LogP contribution in [0, 0.1) is 13.8 Å². The van der Waals surface area contributed by atoms with E-state index < -0.39 is 0 Å². The number of allylic oxidation sites excluding steroid dienone is 5. The summed E-state index contributed by atoms with van der Waals surface area (Å²) in [6.07, 6.45) is 6.57. The first-order valence-corrected chi connectivity index (χ1v) is 10.9. The summed E-state index contributed by atoms with van der Waals surface area (Å²) in [4.78, 5) is 4.86. The van der Waals surface area contributed by atoms with E-state index in [0.29, 0.717) is 10.6 Å². The molecule has 4 heteroatoms. The van der Waals surface area contributed by atoms with E-state index in [-0.39, 0.29) is 0 Å². The summed E-state index contributed by atoms with van der Waals surface area (Å²) in [5, 5.41) is 4.21. The number of benzene rings is 1. The second-order valence-electron chi connectivity index (χ2n) is 6.78. The van der Waals surface area contributed by atoms with Crippen molar-refractivity contribution in [2.75, 3.05) is 5.32 Å². The molecule has 3 aromatic rings. The van der Waals surface area contributed by atoms with Crippen LogP contribution < -0.4 is 5.32 Å². The van der Waals surface area contributed by atoms with Crippen molar-refractivity contribution in [2.24, 2.45) is 0 Å². The molecule has 158 valence electrons. The van der Waals surface area contributed by atoms with Crippen LogP contribution in [0.1, 0.15) is 50.2 Å². The lowest BCUT2D eigenvalue weighted by molar-refractivity contribution is 0.983. The van der Waals surface area contributed by atoms with Crippen molar-refractivity contribution in [1.82, 2.24) is 9.38 Å². The summed E-state index contributed by atoms with van der Waals surface area (Å²) in [5.74, 6) is 0.891. The van der Waals surface area contributed by atoms with E-state index in [1.807, 2.05) is 51.1 Å². The van der Waals surface area contributed by atoms with Crippen LogP contribution >= 0.6 is 11.6 Å². The van der Waals surface area contributed by atoms with Crippen LogP contribution in [0.25, 0.3) is 11.2 Å². The first-order valence-electron chi connectivity index (χ1n) is 10.5. The second kappa shape index (κ2) is 10.8. The minimum absolute atomic E-state index is 0.573. The normalized spacial score (nSPS) is 11.5. The molecule has 1 N–H and O–H groups in total. The Morgan fingerprint density at radius 1 is 1.13 bits per heavy atom. The van der Waals surface area contributed by atoms with Crippen molar-refractivity contribution in [3.8, 4) is 0 Å². The fourth-order valence-electron chi connectivity index (χ4n) is 3.29. The predicted octanol–water partition coefficient (Wildman–Crippen LogP) is 8.00. The number of pyridine rings is 1. The molecule has 1 aromatic carbocycles. The number of imidazole rings is 1. The summed E-state index contributed by atoms with van der Waals surface area (Å²) in [6.45, 7) is 16.5. The quantitative estimate of drug-likeness (QED) is 0.408. The lowest BCUT2D eigenvalue weighted by atomic mass is 10.1. The van der Waals surface area contributed by atoms with Crippen LogP contribution in [0.15, 0.2) is 66.2 Å². The van der Waals surface area contributed by atoms with Crippen molar-refractivity contribution >= 4 is 34.3 Å². The molecule has 0 spiro atoms. The first-order chi connectivity index (χ1) is 14.5. The Labute approximate surface area is 185 Å². The van der Waals surface area contributed by atoms with Gasteiger partial charge in [0.25, 0.3) is 0 Å². The molecule has 0 bridgehead atoms. The topological polar surface area (TPSA) is 29.3 Å². The zero-order valence-corrected chi connectivity index (χ0v) is 19.6. The van der Waals surface area contributed by atoms with Gasteiger partial charge in [0.15, 0.2) is 0 Å². The molecular weight excluding hydrogens is 390 g/mol. The average molecular weight is 422 g/mol. The van der Waals surface area contributed by atoms with Gasteiger partial charge < -0.3 is 5.32 Å². The van der Waals surface area contributed by atoms with Crippen LogP contribution in [0.5, 0.6) is 0 Å². The van der Waals surface area contributed by atoms with Crippen molar-refractivity contribution in [3.63, 3.8) is 0 Å². The van der Waals surface area contributed by atoms with E-state index in [2.05, 4.69) is 61.3 Å². The number of anilines is 2. The number of para-hydroxylation sites is 1. The molecule has 0 unspecified atom stereocenters. The zero-order valence-electron chi connectivity index (χ0n) is 18.9. The van der Waals surface area contributed by atoms with E-state index in [0.717, 1.165) is 29.3 Å². The van der Waals surface area contributed by atoms with Crippen molar-refractivity contribution in [3.05, 3.63) is 88.8 Å². The molecule has 0 aliphatic rings. The number of aryl methyl sites for hydroxylation is 3. The molecule has 2 heterocycles. The molecule has 3 rings (SSSR count). The SMILES string of the molecule is C=C(/C(Cl)=C\C=C/C)c1nc2cccc(CC)n2c1Nc1c(C)cccc1C.CC. The number of hydrogen-bond acceptors (Lipinski definition) is 2. The number of aromatic nitrogens is 2. The van der Waals surface area contributed by atoms with Gasteiger partial charge in [-0.25, -0.2) is 4.98 Å². The number of rotatable bonds is 6. The van der Waals surface area contributed by atoms with Crippen LogP contribution in [0.2, 0.25) is 0 Å². The maximum absolute atomic E-state index is 6.52. The third-order valence-corrected chi connectivity index (χ3v) is 5.17. The van der Waals surface area contributed by atoms with Crippen LogP contribution in [0.3, 0.4) is 0 Å². The van der Waals surface area contributed by atoms with E-state index in [9.17, 15) is 0 Å². The second-order valence-corrected chi connectivity index (χ2v) is 7.19. The molecule has 0 saturated carbocycles. The number of nitrogens with one attached hydrogen (secondary N) is 1. The highest BCUT2D eigenvalue weighted by Gasteiger charge is 2.19. The summed E-state index contributed by atoms with van der Waals surface area (Å²) in [5.41, 5.74) is 6.93. The van der Waals surface area contributed by atoms with E-state index in [1.54, 1.807) is 0 Å².